The van der Waals surface area contributed by atoms with Crippen LogP contribution in [0.2, 0.25) is 0 Å². The number of rotatable bonds is 30. The lowest BCUT2D eigenvalue weighted by Gasteiger charge is -2.34. The Morgan fingerprint density at radius 2 is 0.622 bits per heavy atom. The fraction of sp³-hybridized carbons (Fsp3) is 0.412. The predicted octanol–water partition coefficient (Wildman–Crippen LogP) is 14.3. The summed E-state index contributed by atoms with van der Waals surface area (Å²) in [5, 5.41) is 61.7. The Labute approximate surface area is 790 Å². The summed E-state index contributed by atoms with van der Waals surface area (Å²) >= 11 is 0. The molecule has 9 aromatic rings. The molecule has 15 rings (SSSR count). The number of nitrogens with zero attached hydrogens (tertiary/aromatic N) is 9. The quantitative estimate of drug-likeness (QED) is 0.0186. The van der Waals surface area contributed by atoms with E-state index in [2.05, 4.69) is 129 Å². The highest BCUT2D eigenvalue weighted by molar-refractivity contribution is 6.02. The maximum absolute atomic E-state index is 13.7. The highest BCUT2D eigenvalue weighted by Crippen LogP contribution is 2.45. The topological polar surface area (TPSA) is 403 Å². The number of carbonyl (C=O) groups is 9. The Balaban J connectivity index is 0.000000171. The highest BCUT2D eigenvalue weighted by Gasteiger charge is 2.48. The predicted molar refractivity (Wildman–Crippen MR) is 527 cm³/mol. The molecule has 12 amide bonds. The molecular formula is C102H132N24O9. The SMILES string of the molecule is C=CC(=O)Nc1ccc(C(=O)NC2CCC(Nc3n[nH]c4c3CN(C(=O)N[C@H](CN(C)C)c3ccccc3)C4(C)C)CC2)cc1.C=CC(=O)Nc1ccc(C(=O)N[C@@H]2CCC[C@@H](Nc3n[nH]c4c3CN(C(=O)N[C@H](CN(C)C)c3ccccc3)C4(C)C)C2)cc1.C=CC(=O)Nc1ccc(C(=O)N[C@H]2CCC[C@@H](Nc3n[nH]c4c3CN(C(=O)N[C@H](CN(C)C)c3ccccc3)C4(C)C)C2)cc1. The summed E-state index contributed by atoms with van der Waals surface area (Å²) in [4.78, 5) is 126. The fourth-order valence-electron chi connectivity index (χ4n) is 18.8. The van der Waals surface area contributed by atoms with Crippen LogP contribution in [0.15, 0.2) is 202 Å². The molecule has 3 aromatic heterocycles. The molecule has 0 radical (unpaired) electrons. The zero-order valence-electron chi connectivity index (χ0n) is 79.6. The Kier molecular flexibility index (Phi) is 32.3. The van der Waals surface area contributed by atoms with Crippen LogP contribution < -0.4 is 63.8 Å². The van der Waals surface area contributed by atoms with Crippen molar-refractivity contribution < 1.29 is 43.2 Å². The van der Waals surface area contributed by atoms with Gasteiger partial charge in [-0.15, -0.1) is 0 Å². The second-order valence-electron chi connectivity index (χ2n) is 38.1. The molecule has 33 nitrogen and oxygen atoms in total. The van der Waals surface area contributed by atoms with E-state index in [0.29, 0.717) is 73.0 Å². The molecule has 3 aliphatic carbocycles. The number of nitrogens with one attached hydrogen (secondary N) is 15. The zero-order valence-corrected chi connectivity index (χ0v) is 79.6. The molecule has 33 heteroatoms. The van der Waals surface area contributed by atoms with E-state index in [1.54, 1.807) is 72.8 Å². The molecule has 6 aliphatic rings. The monoisotopic (exact) mass is 1840 g/mol. The Bertz CT molecular complexity index is 5400. The van der Waals surface area contributed by atoms with Gasteiger partial charge in [-0.3, -0.25) is 44.1 Å². The number of amides is 12. The fourth-order valence-corrected chi connectivity index (χ4v) is 18.8. The van der Waals surface area contributed by atoms with Gasteiger partial charge < -0.3 is 93.2 Å². The number of benzene rings is 6. The second-order valence-corrected chi connectivity index (χ2v) is 38.1. The molecule has 3 aliphatic heterocycles. The molecule has 6 aromatic carbocycles. The van der Waals surface area contributed by atoms with Gasteiger partial charge in [-0.05, 0) is 269 Å². The number of hydrogen-bond donors (Lipinski definition) is 15. The smallest absolute Gasteiger partial charge is 0.319 e. The van der Waals surface area contributed by atoms with Crippen LogP contribution in [0.4, 0.5) is 48.9 Å². The third kappa shape index (κ3) is 24.9. The van der Waals surface area contributed by atoms with Crippen molar-refractivity contribution in [2.45, 2.75) is 209 Å². The van der Waals surface area contributed by atoms with Crippen LogP contribution in [0.1, 0.15) is 218 Å². The standard InChI is InChI=1S/3C34H44N8O3/c2*1-6-29(43)35-24-17-15-23(16-18-24)32(44)37-26-14-10-13-25(19-26)36-31-27-20-42(34(2,3)30(27)39-40-31)33(45)38-28(21-41(4)5)22-11-8-7-9-12-22;1-6-29(43)35-24-14-12-23(13-15-24)32(44)37-26-18-16-25(17-19-26)36-31-27-20-42(34(2,3)30(27)39-40-31)33(45)38-28(21-41(4)5)22-10-8-7-9-11-22/h2*6-9,11-12,15-18,25-26,28H,1,10,13-14,19-21H2,2-5H3,(H,35,43)(H,37,44)(H,38,45)(H2,36,39,40);6-15,25-26,28H,1,16-21H2,2-5H3,(H,35,43)(H,37,44)(H,38,45)(H2,36,39,40)/t25-,26+,28-;25-,26-,28-;25?,26?,28-/m111/s1. The number of likely N-dealkylation sites (N-methyl/N-ethyl adjacent to an activating group) is 3. The first kappa shape index (κ1) is 98.6. The van der Waals surface area contributed by atoms with Gasteiger partial charge >= 0.3 is 18.1 Å². The van der Waals surface area contributed by atoms with Crippen LogP contribution in [0, 0.1) is 0 Å². The zero-order chi connectivity index (χ0) is 96.4. The summed E-state index contributed by atoms with van der Waals surface area (Å²) in [6.07, 6.45) is 14.2. The van der Waals surface area contributed by atoms with Crippen molar-refractivity contribution in [2.24, 2.45) is 0 Å². The molecule has 3 saturated carbocycles. The molecule has 15 N–H and O–H groups in total. The van der Waals surface area contributed by atoms with E-state index in [0.717, 1.165) is 145 Å². The largest absolute Gasteiger partial charge is 0.366 e. The third-order valence-electron chi connectivity index (χ3n) is 26.2. The van der Waals surface area contributed by atoms with Gasteiger partial charge in [0.25, 0.3) is 17.7 Å². The van der Waals surface area contributed by atoms with Crippen molar-refractivity contribution in [3.8, 4) is 0 Å². The minimum Gasteiger partial charge on any atom is -0.366 e. The summed E-state index contributed by atoms with van der Waals surface area (Å²) in [6.45, 7) is 26.0. The van der Waals surface area contributed by atoms with Crippen molar-refractivity contribution in [1.82, 2.24) is 91.9 Å². The molecule has 0 unspecified atom stereocenters. The molecule has 6 heterocycles. The molecule has 0 saturated heterocycles. The van der Waals surface area contributed by atoms with Gasteiger partial charge in [0.05, 0.1) is 71.5 Å². The molecule has 135 heavy (non-hydrogen) atoms. The summed E-state index contributed by atoms with van der Waals surface area (Å²) in [5.41, 5.74) is 10.7. The van der Waals surface area contributed by atoms with Crippen LogP contribution in [0.5, 0.6) is 0 Å². The Morgan fingerprint density at radius 1 is 0.363 bits per heavy atom. The highest BCUT2D eigenvalue weighted by atomic mass is 16.2. The van der Waals surface area contributed by atoms with Gasteiger partial charge in [-0.1, -0.05) is 111 Å². The molecule has 0 bridgehead atoms. The normalized spacial score (nSPS) is 19.4. The first-order valence-corrected chi connectivity index (χ1v) is 46.5. The van der Waals surface area contributed by atoms with E-state index in [1.807, 2.05) is 190 Å². The van der Waals surface area contributed by atoms with Crippen molar-refractivity contribution in [3.63, 3.8) is 0 Å². The molecular weight excluding hydrogens is 1710 g/mol. The summed E-state index contributed by atoms with van der Waals surface area (Å²) in [5.74, 6) is 1.00. The number of anilines is 6. The van der Waals surface area contributed by atoms with E-state index in [9.17, 15) is 43.2 Å². The van der Waals surface area contributed by atoms with Crippen molar-refractivity contribution >= 4 is 88.1 Å². The maximum Gasteiger partial charge on any atom is 0.319 e. The van der Waals surface area contributed by atoms with Crippen LogP contribution in [-0.2, 0) is 50.6 Å². The first-order chi connectivity index (χ1) is 64.6. The number of aromatic amines is 3. The molecule has 7 atom stereocenters. The average Bonchev–Trinajstić information content (AvgIpc) is 1.60. The number of carbonyl (C=O) groups excluding carboxylic acids is 9. The van der Waals surface area contributed by atoms with Crippen LogP contribution in [0.25, 0.3) is 0 Å². The number of fused-ring (bicyclic) bond motifs is 3. The van der Waals surface area contributed by atoms with Gasteiger partial charge in [0.15, 0.2) is 17.5 Å². The van der Waals surface area contributed by atoms with Crippen molar-refractivity contribution in [3.05, 3.63) is 269 Å². The van der Waals surface area contributed by atoms with E-state index in [-0.39, 0.29) is 108 Å². The Hall–Kier alpha value is -13.9. The Morgan fingerprint density at radius 3 is 0.896 bits per heavy atom. The van der Waals surface area contributed by atoms with Gasteiger partial charge in [0, 0.05) is 106 Å². The van der Waals surface area contributed by atoms with Gasteiger partial charge in [0.1, 0.15) is 0 Å². The van der Waals surface area contributed by atoms with E-state index in [1.165, 1.54) is 18.2 Å². The van der Waals surface area contributed by atoms with E-state index >= 15 is 0 Å². The minimum absolute atomic E-state index is 0.0150. The molecule has 0 spiro atoms. The van der Waals surface area contributed by atoms with Crippen LogP contribution in [-0.4, -0.2) is 212 Å². The third-order valence-corrected chi connectivity index (χ3v) is 26.2. The average molecular weight is 1840 g/mol. The molecule has 714 valence electrons. The van der Waals surface area contributed by atoms with Gasteiger partial charge in [-0.2, -0.15) is 15.3 Å². The molecule has 3 fully saturated rings. The number of aromatic nitrogens is 6. The van der Waals surface area contributed by atoms with E-state index in [4.69, 9.17) is 0 Å². The number of urea groups is 3. The van der Waals surface area contributed by atoms with Gasteiger partial charge in [-0.25, -0.2) is 14.4 Å². The van der Waals surface area contributed by atoms with Gasteiger partial charge in [0.2, 0.25) is 17.7 Å². The lowest BCUT2D eigenvalue weighted by Crippen LogP contribution is -2.48. The van der Waals surface area contributed by atoms with Crippen LogP contribution in [0.3, 0.4) is 0 Å². The van der Waals surface area contributed by atoms with E-state index < -0.39 is 16.6 Å². The first-order valence-electron chi connectivity index (χ1n) is 46.5. The number of H-pyrrole nitrogens is 3. The van der Waals surface area contributed by atoms with Crippen molar-refractivity contribution in [2.75, 3.05) is 93.8 Å². The minimum atomic E-state index is -0.571. The summed E-state index contributed by atoms with van der Waals surface area (Å²) < 4.78 is 0. The maximum atomic E-state index is 13.7. The number of hydrogen-bond acceptors (Lipinski definition) is 18. The second kappa shape index (κ2) is 44.3. The van der Waals surface area contributed by atoms with Crippen LogP contribution >= 0.6 is 0 Å². The summed E-state index contributed by atoms with van der Waals surface area (Å²) in [6, 6.07) is 50.4. The van der Waals surface area contributed by atoms with Crippen molar-refractivity contribution in [1.29, 1.82) is 0 Å². The summed E-state index contributed by atoms with van der Waals surface area (Å²) in [7, 11) is 12.0. The lowest BCUT2D eigenvalue weighted by atomic mass is 9.90. The lowest BCUT2D eigenvalue weighted by molar-refractivity contribution is -0.112.